The highest BCUT2D eigenvalue weighted by atomic mass is 16.5. The SMILES string of the molecule is COC(=O)/C(=C\CC/C(=C\CCc1ccoc1)C(=O)OC)CC[C@@H](O)C(C)(C)O. The number of esters is 2. The second kappa shape index (κ2) is 12.2. The number of carbonyl (C=O) groups is 2. The first-order valence-corrected chi connectivity index (χ1v) is 9.65. The highest BCUT2D eigenvalue weighted by molar-refractivity contribution is 5.89. The Labute approximate surface area is 172 Å². The number of aliphatic hydroxyl groups excluding tert-OH is 1. The Morgan fingerprint density at radius 2 is 1.69 bits per heavy atom. The molecule has 1 aromatic rings. The number of allylic oxidation sites excluding steroid dienone is 2. The molecule has 7 heteroatoms. The predicted octanol–water partition coefficient (Wildman–Crippen LogP) is 3.10. The van der Waals surface area contributed by atoms with E-state index in [4.69, 9.17) is 13.9 Å². The van der Waals surface area contributed by atoms with Gasteiger partial charge in [0.2, 0.25) is 0 Å². The van der Waals surface area contributed by atoms with E-state index in [0.717, 1.165) is 12.0 Å². The van der Waals surface area contributed by atoms with Gasteiger partial charge in [-0.1, -0.05) is 12.2 Å². The largest absolute Gasteiger partial charge is 0.472 e. The van der Waals surface area contributed by atoms with E-state index in [9.17, 15) is 19.8 Å². The number of methoxy groups -OCH3 is 2. The van der Waals surface area contributed by atoms with E-state index in [0.29, 0.717) is 30.4 Å². The van der Waals surface area contributed by atoms with E-state index < -0.39 is 23.6 Å². The summed E-state index contributed by atoms with van der Waals surface area (Å²) >= 11 is 0. The maximum absolute atomic E-state index is 12.0. The second-order valence-corrected chi connectivity index (χ2v) is 7.36. The Hall–Kier alpha value is -2.38. The summed E-state index contributed by atoms with van der Waals surface area (Å²) < 4.78 is 14.7. The predicted molar refractivity (Wildman–Crippen MR) is 108 cm³/mol. The van der Waals surface area contributed by atoms with Gasteiger partial charge >= 0.3 is 11.9 Å². The zero-order valence-corrected chi connectivity index (χ0v) is 17.6. The zero-order chi connectivity index (χ0) is 21.9. The van der Waals surface area contributed by atoms with Crippen LogP contribution in [0.1, 0.15) is 51.5 Å². The van der Waals surface area contributed by atoms with Crippen LogP contribution in [0.5, 0.6) is 0 Å². The van der Waals surface area contributed by atoms with Gasteiger partial charge in [-0.15, -0.1) is 0 Å². The maximum Gasteiger partial charge on any atom is 0.333 e. The molecule has 0 fully saturated rings. The van der Waals surface area contributed by atoms with Crippen LogP contribution in [0.15, 0.2) is 46.3 Å². The van der Waals surface area contributed by atoms with Crippen molar-refractivity contribution in [1.29, 1.82) is 0 Å². The topological polar surface area (TPSA) is 106 Å². The molecule has 7 nitrogen and oxygen atoms in total. The molecule has 0 saturated carbocycles. The van der Waals surface area contributed by atoms with Crippen molar-refractivity contribution < 1.29 is 33.7 Å². The van der Waals surface area contributed by atoms with Crippen LogP contribution in [0.25, 0.3) is 0 Å². The fourth-order valence-electron chi connectivity index (χ4n) is 2.73. The molecule has 1 aromatic heterocycles. The maximum atomic E-state index is 12.0. The molecule has 0 radical (unpaired) electrons. The van der Waals surface area contributed by atoms with Crippen molar-refractivity contribution in [3.63, 3.8) is 0 Å². The molecule has 0 bridgehead atoms. The minimum absolute atomic E-state index is 0.217. The van der Waals surface area contributed by atoms with Gasteiger partial charge in [-0.05, 0) is 64.0 Å². The van der Waals surface area contributed by atoms with Crippen molar-refractivity contribution in [3.8, 4) is 0 Å². The third-order valence-corrected chi connectivity index (χ3v) is 4.61. The molecule has 0 spiro atoms. The number of hydrogen-bond acceptors (Lipinski definition) is 7. The lowest BCUT2D eigenvalue weighted by molar-refractivity contribution is -0.137. The summed E-state index contributed by atoms with van der Waals surface area (Å²) in [6.07, 6.45) is 8.58. The molecule has 0 aliphatic heterocycles. The number of aliphatic hydroxyl groups is 2. The van der Waals surface area contributed by atoms with Crippen LogP contribution in [-0.4, -0.2) is 48.1 Å². The van der Waals surface area contributed by atoms with E-state index in [-0.39, 0.29) is 12.8 Å². The van der Waals surface area contributed by atoms with Gasteiger partial charge < -0.3 is 24.1 Å². The molecular weight excluding hydrogens is 376 g/mol. The molecule has 0 aliphatic rings. The van der Waals surface area contributed by atoms with Gasteiger partial charge in [-0.2, -0.15) is 0 Å². The zero-order valence-electron chi connectivity index (χ0n) is 17.6. The number of aryl methyl sites for hydroxylation is 1. The van der Waals surface area contributed by atoms with Gasteiger partial charge in [-0.3, -0.25) is 0 Å². The fourth-order valence-corrected chi connectivity index (χ4v) is 2.73. The summed E-state index contributed by atoms with van der Waals surface area (Å²) in [5.41, 5.74) is 0.729. The normalized spacial score (nSPS) is 13.9. The van der Waals surface area contributed by atoms with Crippen molar-refractivity contribution >= 4 is 11.9 Å². The molecule has 0 unspecified atom stereocenters. The lowest BCUT2D eigenvalue weighted by atomic mass is 9.95. The molecule has 0 aromatic carbocycles. The molecule has 162 valence electrons. The van der Waals surface area contributed by atoms with Crippen LogP contribution in [0.3, 0.4) is 0 Å². The second-order valence-electron chi connectivity index (χ2n) is 7.36. The van der Waals surface area contributed by atoms with Crippen molar-refractivity contribution in [2.45, 2.75) is 64.1 Å². The average Bonchev–Trinajstić information content (AvgIpc) is 3.20. The van der Waals surface area contributed by atoms with E-state index in [2.05, 4.69) is 0 Å². The van der Waals surface area contributed by atoms with Crippen LogP contribution in [0, 0.1) is 0 Å². The smallest absolute Gasteiger partial charge is 0.333 e. The summed E-state index contributed by atoms with van der Waals surface area (Å²) in [5.74, 6) is -0.890. The Kier molecular flexibility index (Phi) is 10.4. The molecule has 2 N–H and O–H groups in total. The Bertz CT molecular complexity index is 693. The van der Waals surface area contributed by atoms with E-state index in [1.165, 1.54) is 28.1 Å². The first-order valence-electron chi connectivity index (χ1n) is 9.65. The number of ether oxygens (including phenoxy) is 2. The molecule has 0 amide bonds. The van der Waals surface area contributed by atoms with Crippen molar-refractivity contribution in [1.82, 2.24) is 0 Å². The summed E-state index contributed by atoms with van der Waals surface area (Å²) in [4.78, 5) is 24.0. The van der Waals surface area contributed by atoms with E-state index in [1.54, 1.807) is 18.6 Å². The summed E-state index contributed by atoms with van der Waals surface area (Å²) in [5, 5.41) is 19.8. The van der Waals surface area contributed by atoms with E-state index >= 15 is 0 Å². The quantitative estimate of drug-likeness (QED) is 0.404. The minimum Gasteiger partial charge on any atom is -0.472 e. The van der Waals surface area contributed by atoms with Gasteiger partial charge in [0.15, 0.2) is 0 Å². The molecule has 0 saturated heterocycles. The van der Waals surface area contributed by atoms with Gasteiger partial charge in [-0.25, -0.2) is 9.59 Å². The molecule has 1 heterocycles. The molecule has 29 heavy (non-hydrogen) atoms. The highest BCUT2D eigenvalue weighted by Gasteiger charge is 2.25. The third kappa shape index (κ3) is 9.11. The summed E-state index contributed by atoms with van der Waals surface area (Å²) in [6, 6.07) is 1.87. The minimum atomic E-state index is -1.25. The molecule has 1 rings (SSSR count). The Morgan fingerprint density at radius 1 is 1.10 bits per heavy atom. The van der Waals surface area contributed by atoms with Crippen molar-refractivity contribution in [2.24, 2.45) is 0 Å². The van der Waals surface area contributed by atoms with Crippen molar-refractivity contribution in [3.05, 3.63) is 47.5 Å². The van der Waals surface area contributed by atoms with Gasteiger partial charge in [0.1, 0.15) is 0 Å². The van der Waals surface area contributed by atoms with Crippen LogP contribution >= 0.6 is 0 Å². The Balaban J connectivity index is 2.72. The van der Waals surface area contributed by atoms with Crippen LogP contribution in [-0.2, 0) is 25.5 Å². The monoisotopic (exact) mass is 408 g/mol. The number of furan rings is 1. The van der Waals surface area contributed by atoms with E-state index in [1.807, 2.05) is 12.1 Å². The lowest BCUT2D eigenvalue weighted by Crippen LogP contribution is -2.35. The van der Waals surface area contributed by atoms with Gasteiger partial charge in [0.05, 0.1) is 38.5 Å². The summed E-state index contributed by atoms with van der Waals surface area (Å²) in [7, 11) is 2.62. The number of hydrogen-bond donors (Lipinski definition) is 2. The lowest BCUT2D eigenvalue weighted by Gasteiger charge is -2.24. The van der Waals surface area contributed by atoms with Gasteiger partial charge in [0.25, 0.3) is 0 Å². The fraction of sp³-hybridized carbons (Fsp3) is 0.545. The standard InChI is InChI=1S/C22H32O7/c1-22(2,26)19(23)12-11-18(21(25)28-4)10-6-9-17(20(24)27-3)8-5-7-16-13-14-29-15-16/h8,10,13-15,19,23,26H,5-7,9,11-12H2,1-4H3/b17-8+,18-10-/t19-/m1/s1. The number of rotatable bonds is 12. The summed E-state index contributed by atoms with van der Waals surface area (Å²) in [6.45, 7) is 3.02. The molecular formula is C22H32O7. The van der Waals surface area contributed by atoms with Crippen LogP contribution < -0.4 is 0 Å². The Morgan fingerprint density at radius 3 is 2.21 bits per heavy atom. The average molecular weight is 408 g/mol. The third-order valence-electron chi connectivity index (χ3n) is 4.61. The van der Waals surface area contributed by atoms with Crippen LogP contribution in [0.4, 0.5) is 0 Å². The van der Waals surface area contributed by atoms with Gasteiger partial charge in [0, 0.05) is 11.1 Å². The highest BCUT2D eigenvalue weighted by Crippen LogP contribution is 2.19. The molecule has 1 atom stereocenters. The number of carbonyl (C=O) groups excluding carboxylic acids is 2. The van der Waals surface area contributed by atoms with Crippen molar-refractivity contribution in [2.75, 3.05) is 14.2 Å². The molecule has 0 aliphatic carbocycles. The first-order chi connectivity index (χ1) is 13.7. The first kappa shape index (κ1) is 24.7. The van der Waals surface area contributed by atoms with Crippen LogP contribution in [0.2, 0.25) is 0 Å².